The molecule has 6 atom stereocenters. The quantitative estimate of drug-likeness (QED) is 0.112. The first-order chi connectivity index (χ1) is 17.4. The highest BCUT2D eigenvalue weighted by molar-refractivity contribution is 7.60. The molecule has 1 saturated heterocycles. The predicted octanol–water partition coefficient (Wildman–Crippen LogP) is 0.259. The molecule has 0 saturated carbocycles. The van der Waals surface area contributed by atoms with Gasteiger partial charge in [-0.3, -0.25) is 23.7 Å². The number of ether oxygens (including phenoxy) is 6. The van der Waals surface area contributed by atoms with Crippen molar-refractivity contribution < 1.29 is 80.2 Å². The monoisotopic (exact) mass is 592 g/mol. The van der Waals surface area contributed by atoms with Gasteiger partial charge in [0.2, 0.25) is 0 Å². The molecule has 6 unspecified atom stereocenters. The van der Waals surface area contributed by atoms with Crippen LogP contribution in [0.4, 0.5) is 0 Å². The van der Waals surface area contributed by atoms with E-state index in [4.69, 9.17) is 38.2 Å². The minimum absolute atomic E-state index is 0.299. The van der Waals surface area contributed by atoms with E-state index in [0.29, 0.717) is 5.57 Å². The molecular formula is C19H30O17P2. The summed E-state index contributed by atoms with van der Waals surface area (Å²) in [5.41, 5.74) is 0.328. The van der Waals surface area contributed by atoms with E-state index in [1.165, 1.54) is 13.0 Å². The molecule has 1 heterocycles. The first-order valence-electron chi connectivity index (χ1n) is 10.7. The average Bonchev–Trinajstić information content (AvgIpc) is 2.71. The number of rotatable bonds is 13. The summed E-state index contributed by atoms with van der Waals surface area (Å²) in [7, 11) is -10.4. The molecule has 1 rings (SSSR count). The molecule has 38 heavy (non-hydrogen) atoms. The van der Waals surface area contributed by atoms with E-state index in [1.807, 2.05) is 0 Å². The molecule has 218 valence electrons. The van der Waals surface area contributed by atoms with Crippen LogP contribution in [0.2, 0.25) is 0 Å². The Morgan fingerprint density at radius 1 is 0.816 bits per heavy atom. The fourth-order valence-electron chi connectivity index (χ4n) is 3.03. The molecule has 1 fully saturated rings. The van der Waals surface area contributed by atoms with Gasteiger partial charge in [-0.1, -0.05) is 6.08 Å². The molecule has 0 spiro atoms. The molecule has 0 aliphatic carbocycles. The number of hydrogen-bond acceptors (Lipinski definition) is 14. The van der Waals surface area contributed by atoms with Crippen LogP contribution in [0.1, 0.15) is 34.6 Å². The van der Waals surface area contributed by atoms with E-state index in [9.17, 15) is 33.2 Å². The molecule has 0 aromatic carbocycles. The van der Waals surface area contributed by atoms with Crippen molar-refractivity contribution in [2.24, 2.45) is 0 Å². The number of phosphoric acid groups is 2. The van der Waals surface area contributed by atoms with Gasteiger partial charge in [-0.25, -0.2) is 9.13 Å². The summed E-state index contributed by atoms with van der Waals surface area (Å²) in [6, 6.07) is 0. The normalized spacial score (nSPS) is 25.6. The van der Waals surface area contributed by atoms with Crippen LogP contribution < -0.4 is 0 Å². The summed E-state index contributed by atoms with van der Waals surface area (Å²) in [5.74, 6) is -3.14. The topological polar surface area (TPSA) is 237 Å². The van der Waals surface area contributed by atoms with Crippen molar-refractivity contribution in [3.05, 3.63) is 11.6 Å². The Morgan fingerprint density at radius 2 is 1.34 bits per heavy atom. The van der Waals surface area contributed by atoms with Crippen LogP contribution in [0.15, 0.2) is 11.6 Å². The summed E-state index contributed by atoms with van der Waals surface area (Å²) in [6.07, 6.45) is -5.72. The standard InChI is InChI=1S/C19H30O17P2/c1-10(6-7-31-38(27,28)36-37(24,25)26)8-30-19-18(34-14(5)23)17(33-13(4)22)16(32-12(3)21)15(35-19)9-29-11(2)20/h6,15-19H,7-9H2,1-5H3,(H,27,28)(H2,24,25,26)/b10-6+. The third-order valence-electron chi connectivity index (χ3n) is 4.30. The molecular weight excluding hydrogens is 562 g/mol. The van der Waals surface area contributed by atoms with Crippen LogP contribution in [0.3, 0.4) is 0 Å². The molecule has 1 aliphatic heterocycles. The first-order valence-corrected chi connectivity index (χ1v) is 13.7. The third-order valence-corrected chi connectivity index (χ3v) is 6.45. The lowest BCUT2D eigenvalue weighted by molar-refractivity contribution is -0.306. The van der Waals surface area contributed by atoms with Crippen molar-refractivity contribution in [2.45, 2.75) is 65.3 Å². The Bertz CT molecular complexity index is 988. The lowest BCUT2D eigenvalue weighted by atomic mass is 9.98. The van der Waals surface area contributed by atoms with Crippen LogP contribution in [0.25, 0.3) is 0 Å². The second kappa shape index (κ2) is 14.8. The van der Waals surface area contributed by atoms with Gasteiger partial charge in [-0.05, 0) is 12.5 Å². The largest absolute Gasteiger partial charge is 0.481 e. The molecule has 17 nitrogen and oxygen atoms in total. The Hall–Kier alpha value is -2.20. The van der Waals surface area contributed by atoms with E-state index in [2.05, 4.69) is 8.83 Å². The maximum Gasteiger partial charge on any atom is 0.481 e. The zero-order valence-electron chi connectivity index (χ0n) is 21.0. The van der Waals surface area contributed by atoms with Gasteiger partial charge < -0.3 is 43.1 Å². The summed E-state index contributed by atoms with van der Waals surface area (Å²) >= 11 is 0. The Labute approximate surface area is 217 Å². The van der Waals surface area contributed by atoms with E-state index in [1.54, 1.807) is 0 Å². The van der Waals surface area contributed by atoms with E-state index >= 15 is 0 Å². The number of hydrogen-bond donors (Lipinski definition) is 3. The molecule has 1 aliphatic rings. The van der Waals surface area contributed by atoms with Crippen molar-refractivity contribution in [2.75, 3.05) is 19.8 Å². The van der Waals surface area contributed by atoms with Gasteiger partial charge >= 0.3 is 39.5 Å². The predicted molar refractivity (Wildman–Crippen MR) is 121 cm³/mol. The number of carbonyl (C=O) groups excluding carboxylic acids is 4. The minimum atomic E-state index is -5.29. The van der Waals surface area contributed by atoms with Crippen LogP contribution in [0, 0.1) is 0 Å². The number of carbonyl (C=O) groups is 4. The molecule has 0 aromatic heterocycles. The molecule has 0 amide bonds. The summed E-state index contributed by atoms with van der Waals surface area (Å²) in [4.78, 5) is 73.2. The SMILES string of the molecule is CC(=O)OCC1OC(OC/C(C)=C/COP(=O)(O)OP(=O)(O)O)C(OC(C)=O)C(OC(C)=O)C1OC(C)=O. The van der Waals surface area contributed by atoms with Gasteiger partial charge in [-0.15, -0.1) is 0 Å². The van der Waals surface area contributed by atoms with Gasteiger partial charge in [0.1, 0.15) is 12.7 Å². The Morgan fingerprint density at radius 3 is 1.84 bits per heavy atom. The first kappa shape index (κ1) is 33.8. The Balaban J connectivity index is 3.12. The van der Waals surface area contributed by atoms with Crippen molar-refractivity contribution in [3.8, 4) is 0 Å². The molecule has 0 radical (unpaired) electrons. The highest BCUT2D eigenvalue weighted by atomic mass is 31.3. The summed E-state index contributed by atoms with van der Waals surface area (Å²) in [6.45, 7) is 4.41. The van der Waals surface area contributed by atoms with E-state index < -0.39 is 83.4 Å². The maximum absolute atomic E-state index is 11.8. The van der Waals surface area contributed by atoms with E-state index in [-0.39, 0.29) is 6.61 Å². The van der Waals surface area contributed by atoms with Gasteiger partial charge in [0.25, 0.3) is 0 Å². The van der Waals surface area contributed by atoms with Crippen LogP contribution in [-0.4, -0.2) is 89.1 Å². The number of esters is 4. The molecule has 0 bridgehead atoms. The summed E-state index contributed by atoms with van der Waals surface area (Å²) in [5, 5.41) is 0. The average molecular weight is 592 g/mol. The van der Waals surface area contributed by atoms with Gasteiger partial charge in [0.15, 0.2) is 24.6 Å². The minimum Gasteiger partial charge on any atom is -0.463 e. The second-order valence-electron chi connectivity index (χ2n) is 7.77. The van der Waals surface area contributed by atoms with Crippen molar-refractivity contribution >= 4 is 39.5 Å². The molecule has 19 heteroatoms. The zero-order chi connectivity index (χ0) is 29.3. The van der Waals surface area contributed by atoms with Crippen LogP contribution in [-0.2, 0) is 65.6 Å². The smallest absolute Gasteiger partial charge is 0.463 e. The fourth-order valence-corrected chi connectivity index (χ4v) is 4.55. The lowest BCUT2D eigenvalue weighted by Gasteiger charge is -2.44. The van der Waals surface area contributed by atoms with Gasteiger partial charge in [-0.2, -0.15) is 4.31 Å². The van der Waals surface area contributed by atoms with E-state index in [0.717, 1.165) is 27.7 Å². The Kier molecular flexibility index (Phi) is 13.2. The van der Waals surface area contributed by atoms with Crippen molar-refractivity contribution in [1.29, 1.82) is 0 Å². The van der Waals surface area contributed by atoms with Crippen LogP contribution in [0.5, 0.6) is 0 Å². The molecule has 0 aromatic rings. The second-order valence-corrected chi connectivity index (χ2v) is 10.6. The maximum atomic E-state index is 11.8. The fraction of sp³-hybridized carbons (Fsp3) is 0.684. The lowest BCUT2D eigenvalue weighted by Crippen LogP contribution is -2.63. The molecule has 3 N–H and O–H groups in total. The highest BCUT2D eigenvalue weighted by Crippen LogP contribution is 2.57. The van der Waals surface area contributed by atoms with Crippen LogP contribution >= 0.6 is 15.6 Å². The zero-order valence-corrected chi connectivity index (χ0v) is 22.8. The summed E-state index contributed by atoms with van der Waals surface area (Å²) < 4.78 is 62.4. The van der Waals surface area contributed by atoms with Gasteiger partial charge in [0.05, 0.1) is 13.2 Å². The highest BCUT2D eigenvalue weighted by Gasteiger charge is 2.52. The van der Waals surface area contributed by atoms with Gasteiger partial charge in [0, 0.05) is 27.7 Å². The van der Waals surface area contributed by atoms with Crippen molar-refractivity contribution in [3.63, 3.8) is 0 Å². The number of phosphoric ester groups is 1. The third kappa shape index (κ3) is 13.0. The van der Waals surface area contributed by atoms with Crippen molar-refractivity contribution in [1.82, 2.24) is 0 Å².